The molecule has 210 valence electrons. The van der Waals surface area contributed by atoms with E-state index in [1.165, 1.54) is 17.5 Å². The fourth-order valence-corrected chi connectivity index (χ4v) is 4.88. The zero-order valence-electron chi connectivity index (χ0n) is 22.0. The van der Waals surface area contributed by atoms with Crippen LogP contribution < -0.4 is 20.7 Å². The number of alkyl carbamates (subject to hydrolysis) is 1. The molecule has 0 saturated carbocycles. The highest BCUT2D eigenvalue weighted by Gasteiger charge is 2.16. The van der Waals surface area contributed by atoms with E-state index in [4.69, 9.17) is 32.7 Å². The summed E-state index contributed by atoms with van der Waals surface area (Å²) in [5.74, 6) is 0.594. The highest BCUT2D eigenvalue weighted by Crippen LogP contribution is 2.33. The lowest BCUT2D eigenvalue weighted by Gasteiger charge is -2.19. The van der Waals surface area contributed by atoms with Crippen LogP contribution in [0, 0.1) is 0 Å². The van der Waals surface area contributed by atoms with Crippen molar-refractivity contribution in [3.05, 3.63) is 57.6 Å². The molecule has 0 atom stereocenters. The van der Waals surface area contributed by atoms with Gasteiger partial charge in [0.2, 0.25) is 11.9 Å². The number of nitrogens with zero attached hydrogens (tertiary/aromatic N) is 4. The fraction of sp³-hybridized carbons (Fsp3) is 0.308. The SMILES string of the molecule is CC(C)(C)OC(=O)NCC(=O)NCCOc1ccc2sc(CNc3nncc(-c4c(Cl)cccc4Cl)n3)nc2c1. The predicted octanol–water partition coefficient (Wildman–Crippen LogP) is 5.09. The van der Waals surface area contributed by atoms with E-state index in [-0.39, 0.29) is 25.6 Å². The van der Waals surface area contributed by atoms with Gasteiger partial charge in [-0.2, -0.15) is 5.10 Å². The number of carbonyl (C=O) groups excluding carboxylic acids is 2. The molecule has 11 nitrogen and oxygen atoms in total. The molecule has 0 spiro atoms. The molecule has 40 heavy (non-hydrogen) atoms. The summed E-state index contributed by atoms with van der Waals surface area (Å²) >= 11 is 14.1. The van der Waals surface area contributed by atoms with E-state index in [2.05, 4.69) is 36.1 Å². The van der Waals surface area contributed by atoms with Gasteiger partial charge in [0, 0.05) is 11.6 Å². The molecule has 0 radical (unpaired) electrons. The molecule has 0 aliphatic carbocycles. The highest BCUT2D eigenvalue weighted by molar-refractivity contribution is 7.18. The zero-order chi connectivity index (χ0) is 28.7. The Balaban J connectivity index is 1.26. The average molecular weight is 605 g/mol. The number of benzene rings is 2. The maximum absolute atomic E-state index is 11.9. The first kappa shape index (κ1) is 29.2. The molecule has 4 rings (SSSR count). The van der Waals surface area contributed by atoms with Gasteiger partial charge in [-0.15, -0.1) is 16.4 Å². The number of carbonyl (C=O) groups is 2. The van der Waals surface area contributed by atoms with Crippen molar-refractivity contribution in [1.29, 1.82) is 0 Å². The van der Waals surface area contributed by atoms with Crippen molar-refractivity contribution in [2.24, 2.45) is 0 Å². The second kappa shape index (κ2) is 13.1. The van der Waals surface area contributed by atoms with Crippen LogP contribution in [0.4, 0.5) is 10.7 Å². The van der Waals surface area contributed by atoms with Gasteiger partial charge in [-0.25, -0.2) is 14.8 Å². The maximum Gasteiger partial charge on any atom is 0.408 e. The third-order valence-corrected chi connectivity index (χ3v) is 6.73. The van der Waals surface area contributed by atoms with Crippen molar-refractivity contribution in [2.75, 3.05) is 25.0 Å². The third-order valence-electron chi connectivity index (χ3n) is 5.06. The number of ether oxygens (including phenoxy) is 2. The average Bonchev–Trinajstić information content (AvgIpc) is 3.30. The summed E-state index contributed by atoms with van der Waals surface area (Å²) in [6.45, 7) is 5.96. The summed E-state index contributed by atoms with van der Waals surface area (Å²) in [5, 5.41) is 18.0. The van der Waals surface area contributed by atoms with Crippen molar-refractivity contribution < 1.29 is 19.1 Å². The number of hydrogen-bond donors (Lipinski definition) is 3. The van der Waals surface area contributed by atoms with Gasteiger partial charge >= 0.3 is 6.09 Å². The minimum absolute atomic E-state index is 0.185. The lowest BCUT2D eigenvalue weighted by atomic mass is 10.1. The highest BCUT2D eigenvalue weighted by atomic mass is 35.5. The van der Waals surface area contributed by atoms with Crippen molar-refractivity contribution in [3.8, 4) is 17.0 Å². The van der Waals surface area contributed by atoms with Crippen LogP contribution in [0.3, 0.4) is 0 Å². The summed E-state index contributed by atoms with van der Waals surface area (Å²) in [4.78, 5) is 32.7. The molecule has 0 fully saturated rings. The van der Waals surface area contributed by atoms with Gasteiger partial charge in [0.25, 0.3) is 0 Å². The van der Waals surface area contributed by atoms with Crippen molar-refractivity contribution >= 4 is 62.7 Å². The van der Waals surface area contributed by atoms with Gasteiger partial charge in [0.15, 0.2) is 0 Å². The molecule has 4 aromatic rings. The minimum Gasteiger partial charge on any atom is -0.492 e. The molecule has 2 amide bonds. The first-order valence-corrected chi connectivity index (χ1v) is 13.8. The third kappa shape index (κ3) is 8.38. The molecule has 0 aliphatic rings. The van der Waals surface area contributed by atoms with Crippen LogP contribution in [0.1, 0.15) is 25.8 Å². The summed E-state index contributed by atoms with van der Waals surface area (Å²) in [5.41, 5.74) is 1.25. The first-order valence-electron chi connectivity index (χ1n) is 12.2. The number of rotatable bonds is 10. The lowest BCUT2D eigenvalue weighted by molar-refractivity contribution is -0.120. The number of thiazole rings is 1. The summed E-state index contributed by atoms with van der Waals surface area (Å²) in [6, 6.07) is 10.8. The van der Waals surface area contributed by atoms with Crippen molar-refractivity contribution in [1.82, 2.24) is 30.8 Å². The van der Waals surface area contributed by atoms with Gasteiger partial charge in [-0.3, -0.25) is 4.79 Å². The number of aromatic nitrogens is 4. The number of fused-ring (bicyclic) bond motifs is 1. The molecule has 0 aliphatic heterocycles. The van der Waals surface area contributed by atoms with Gasteiger partial charge in [-0.05, 0) is 45.0 Å². The second-order valence-corrected chi connectivity index (χ2v) is 11.3. The molecular weight excluding hydrogens is 577 g/mol. The number of anilines is 1. The van der Waals surface area contributed by atoms with Crippen LogP contribution in [-0.2, 0) is 16.1 Å². The lowest BCUT2D eigenvalue weighted by Crippen LogP contribution is -2.40. The largest absolute Gasteiger partial charge is 0.492 e. The Morgan fingerprint density at radius 1 is 1.05 bits per heavy atom. The molecule has 2 aromatic carbocycles. The van der Waals surface area contributed by atoms with Crippen LogP contribution in [0.15, 0.2) is 42.6 Å². The van der Waals surface area contributed by atoms with Crippen molar-refractivity contribution in [3.63, 3.8) is 0 Å². The normalized spacial score (nSPS) is 11.2. The van der Waals surface area contributed by atoms with Crippen LogP contribution in [-0.4, -0.2) is 57.5 Å². The van der Waals surface area contributed by atoms with E-state index in [1.54, 1.807) is 39.0 Å². The summed E-state index contributed by atoms with van der Waals surface area (Å²) in [6.07, 6.45) is 0.855. The van der Waals surface area contributed by atoms with E-state index in [0.29, 0.717) is 39.5 Å². The number of halogens is 2. The van der Waals surface area contributed by atoms with Gasteiger partial charge in [-0.1, -0.05) is 29.3 Å². The quantitative estimate of drug-likeness (QED) is 0.211. The van der Waals surface area contributed by atoms with Crippen LogP contribution >= 0.6 is 34.5 Å². The summed E-state index contributed by atoms with van der Waals surface area (Å²) in [7, 11) is 0. The van der Waals surface area contributed by atoms with E-state index < -0.39 is 11.7 Å². The second-order valence-electron chi connectivity index (χ2n) is 9.41. The Bertz CT molecular complexity index is 1490. The molecule has 0 saturated heterocycles. The van der Waals surface area contributed by atoms with E-state index in [0.717, 1.165) is 15.2 Å². The molecule has 14 heteroatoms. The molecule has 0 unspecified atom stereocenters. The summed E-state index contributed by atoms with van der Waals surface area (Å²) < 4.78 is 11.8. The Morgan fingerprint density at radius 3 is 2.58 bits per heavy atom. The monoisotopic (exact) mass is 603 g/mol. The fourth-order valence-electron chi connectivity index (χ4n) is 3.40. The zero-order valence-corrected chi connectivity index (χ0v) is 24.3. The Labute approximate surface area is 244 Å². The van der Waals surface area contributed by atoms with Gasteiger partial charge in [0.05, 0.1) is 51.8 Å². The number of amides is 2. The van der Waals surface area contributed by atoms with Gasteiger partial charge < -0.3 is 25.4 Å². The molecular formula is C26H27Cl2N7O4S. The van der Waals surface area contributed by atoms with E-state index in [9.17, 15) is 9.59 Å². The Morgan fingerprint density at radius 2 is 1.82 bits per heavy atom. The molecule has 2 heterocycles. The van der Waals surface area contributed by atoms with E-state index in [1.807, 2.05) is 18.2 Å². The van der Waals surface area contributed by atoms with Gasteiger partial charge in [0.1, 0.15) is 23.0 Å². The number of nitrogens with one attached hydrogen (secondary N) is 3. The minimum atomic E-state index is -0.648. The van der Waals surface area contributed by atoms with Crippen molar-refractivity contribution in [2.45, 2.75) is 32.9 Å². The standard InChI is InChI=1S/C26H27Cl2N7O4S/c1-26(2,3)39-25(37)31-13-21(36)29-9-10-38-15-7-8-20-18(11-15)33-22(40-20)14-30-24-34-19(12-32-35-24)23-16(27)5-4-6-17(23)28/h4-8,11-12H,9-10,13-14H2,1-3H3,(H,29,36)(H,31,37)(H,30,34,35). The Kier molecular flexibility index (Phi) is 9.56. The number of hydrogen-bond acceptors (Lipinski definition) is 10. The maximum atomic E-state index is 11.9. The topological polar surface area (TPSA) is 140 Å². The molecule has 2 aromatic heterocycles. The smallest absolute Gasteiger partial charge is 0.408 e. The van der Waals surface area contributed by atoms with Crippen LogP contribution in [0.2, 0.25) is 10.0 Å². The molecule has 3 N–H and O–H groups in total. The van der Waals surface area contributed by atoms with Crippen LogP contribution in [0.25, 0.3) is 21.5 Å². The predicted molar refractivity (Wildman–Crippen MR) is 155 cm³/mol. The first-order chi connectivity index (χ1) is 19.1. The van der Waals surface area contributed by atoms with E-state index >= 15 is 0 Å². The van der Waals surface area contributed by atoms with Crippen LogP contribution in [0.5, 0.6) is 5.75 Å². The Hall–Kier alpha value is -3.74. The molecule has 0 bridgehead atoms.